The van der Waals surface area contributed by atoms with Gasteiger partial charge in [-0.2, -0.15) is 5.10 Å². The van der Waals surface area contributed by atoms with Crippen LogP contribution < -0.4 is 5.32 Å². The van der Waals surface area contributed by atoms with E-state index >= 15 is 0 Å². The summed E-state index contributed by atoms with van der Waals surface area (Å²) in [5, 5.41) is 17.7. The van der Waals surface area contributed by atoms with Gasteiger partial charge in [-0.05, 0) is 57.6 Å². The molecule has 9 nitrogen and oxygen atoms in total. The fraction of sp³-hybridized carbons (Fsp3) is 0.667. The number of nitrogens with one attached hydrogen (secondary N) is 2. The Bertz CT molecular complexity index is 837. The van der Waals surface area contributed by atoms with Crippen LogP contribution in [0.1, 0.15) is 55.5 Å². The van der Waals surface area contributed by atoms with Gasteiger partial charge in [-0.3, -0.25) is 19.5 Å². The van der Waals surface area contributed by atoms with Crippen LogP contribution in [0.15, 0.2) is 12.2 Å². The number of hydrogen-bond donors (Lipinski definition) is 3. The van der Waals surface area contributed by atoms with Crippen molar-refractivity contribution in [3.63, 3.8) is 0 Å². The highest BCUT2D eigenvalue weighted by molar-refractivity contribution is 5.79. The number of hydrogen-bond acceptors (Lipinski definition) is 5. The molecular weight excluding hydrogens is 422 g/mol. The molecule has 4 rings (SSSR count). The van der Waals surface area contributed by atoms with Crippen molar-refractivity contribution in [3.05, 3.63) is 29.1 Å². The standard InChI is InChI=1S/C23H35N5O2.CH2O2/c1-27-15-17(23(30)28-13-5-2-6-14-28)9-10-18(16-27)24-22(29)12-11-21-19-7-3-4-8-20(19)25-26-21;2-1-3/h2,5,17-18H,3-4,6-16H2,1H3,(H,24,29)(H,25,26);1H,(H,2,3)/t17-,18+;/m1./s1. The number of aromatic amines is 1. The minimum atomic E-state index is -0.250. The largest absolute Gasteiger partial charge is 0.483 e. The lowest BCUT2D eigenvalue weighted by molar-refractivity contribution is -0.135. The number of likely N-dealkylation sites (N-methyl/N-ethyl adjacent to an activating group) is 1. The number of likely N-dealkylation sites (tertiary alicyclic amines) is 1. The van der Waals surface area contributed by atoms with Gasteiger partial charge in [0, 0.05) is 50.8 Å². The number of carboxylic acid groups (broad SMARTS) is 1. The molecule has 1 fully saturated rings. The number of fused-ring (bicyclic) bond motifs is 1. The van der Waals surface area contributed by atoms with Crippen LogP contribution in [0.25, 0.3) is 0 Å². The molecule has 0 radical (unpaired) electrons. The summed E-state index contributed by atoms with van der Waals surface area (Å²) in [4.78, 5) is 38.0. The highest BCUT2D eigenvalue weighted by atomic mass is 16.3. The predicted molar refractivity (Wildman–Crippen MR) is 125 cm³/mol. The maximum Gasteiger partial charge on any atom is 0.290 e. The number of carbonyl (C=O) groups is 3. The second-order valence-corrected chi connectivity index (χ2v) is 9.24. The molecule has 3 aliphatic rings. The van der Waals surface area contributed by atoms with E-state index in [9.17, 15) is 9.59 Å². The topological polar surface area (TPSA) is 119 Å². The van der Waals surface area contributed by atoms with E-state index in [2.05, 4.69) is 39.6 Å². The summed E-state index contributed by atoms with van der Waals surface area (Å²) in [5.74, 6) is 0.382. The van der Waals surface area contributed by atoms with E-state index in [0.29, 0.717) is 12.8 Å². The van der Waals surface area contributed by atoms with Gasteiger partial charge >= 0.3 is 0 Å². The summed E-state index contributed by atoms with van der Waals surface area (Å²) >= 11 is 0. The summed E-state index contributed by atoms with van der Waals surface area (Å²) in [6.45, 7) is 2.88. The molecule has 1 saturated heterocycles. The van der Waals surface area contributed by atoms with Crippen molar-refractivity contribution in [1.29, 1.82) is 0 Å². The predicted octanol–water partition coefficient (Wildman–Crippen LogP) is 1.54. The lowest BCUT2D eigenvalue weighted by Crippen LogP contribution is -2.43. The van der Waals surface area contributed by atoms with Crippen LogP contribution in [0, 0.1) is 5.92 Å². The van der Waals surface area contributed by atoms with Crippen molar-refractivity contribution in [2.45, 2.75) is 63.8 Å². The second-order valence-electron chi connectivity index (χ2n) is 9.24. The molecule has 1 aliphatic carbocycles. The molecule has 0 unspecified atom stereocenters. The average Bonchev–Trinajstić information content (AvgIpc) is 3.14. The van der Waals surface area contributed by atoms with Crippen LogP contribution in [-0.2, 0) is 33.6 Å². The molecule has 0 saturated carbocycles. The molecule has 0 bridgehead atoms. The number of H-pyrrole nitrogens is 1. The number of rotatable bonds is 5. The number of aromatic nitrogens is 2. The zero-order chi connectivity index (χ0) is 23.6. The van der Waals surface area contributed by atoms with Gasteiger partial charge in [0.05, 0.1) is 11.6 Å². The monoisotopic (exact) mass is 459 g/mol. The summed E-state index contributed by atoms with van der Waals surface area (Å²) in [6.07, 6.45) is 12.6. The van der Waals surface area contributed by atoms with Crippen LogP contribution in [0.4, 0.5) is 0 Å². The van der Waals surface area contributed by atoms with Gasteiger partial charge in [-0.25, -0.2) is 0 Å². The molecule has 9 heteroatoms. The van der Waals surface area contributed by atoms with E-state index in [0.717, 1.165) is 64.0 Å². The first-order valence-corrected chi connectivity index (χ1v) is 12.1. The molecule has 1 aromatic rings. The molecule has 0 spiro atoms. The Morgan fingerprint density at radius 2 is 2.03 bits per heavy atom. The van der Waals surface area contributed by atoms with Gasteiger partial charge in [0.1, 0.15) is 0 Å². The zero-order valence-corrected chi connectivity index (χ0v) is 19.6. The smallest absolute Gasteiger partial charge is 0.290 e. The number of aryl methyl sites for hydroxylation is 2. The van der Waals surface area contributed by atoms with E-state index in [1.54, 1.807) is 0 Å². The Labute approximate surface area is 195 Å². The summed E-state index contributed by atoms with van der Waals surface area (Å²) in [5.41, 5.74) is 3.68. The van der Waals surface area contributed by atoms with E-state index in [4.69, 9.17) is 9.90 Å². The van der Waals surface area contributed by atoms with Crippen molar-refractivity contribution >= 4 is 18.3 Å². The zero-order valence-electron chi connectivity index (χ0n) is 19.6. The molecule has 2 aliphatic heterocycles. The fourth-order valence-corrected chi connectivity index (χ4v) is 5.12. The highest BCUT2D eigenvalue weighted by Crippen LogP contribution is 2.23. The Balaban J connectivity index is 0.000000968. The second kappa shape index (κ2) is 12.5. The van der Waals surface area contributed by atoms with Crippen molar-refractivity contribution < 1.29 is 19.5 Å². The van der Waals surface area contributed by atoms with Crippen molar-refractivity contribution in [2.75, 3.05) is 33.2 Å². The molecule has 182 valence electrons. The van der Waals surface area contributed by atoms with Gasteiger partial charge in [0.15, 0.2) is 0 Å². The first-order valence-electron chi connectivity index (χ1n) is 12.1. The third kappa shape index (κ3) is 7.15. The molecule has 3 N–H and O–H groups in total. The molecular formula is C24H37N5O4. The third-order valence-electron chi connectivity index (χ3n) is 6.74. The van der Waals surface area contributed by atoms with Crippen LogP contribution in [-0.4, -0.2) is 82.7 Å². The maximum atomic E-state index is 12.9. The summed E-state index contributed by atoms with van der Waals surface area (Å²) in [6, 6.07) is 0.106. The fourth-order valence-electron chi connectivity index (χ4n) is 5.12. The lowest BCUT2D eigenvalue weighted by Gasteiger charge is -2.28. The third-order valence-corrected chi connectivity index (χ3v) is 6.74. The minimum Gasteiger partial charge on any atom is -0.483 e. The van der Waals surface area contributed by atoms with E-state index in [-0.39, 0.29) is 30.2 Å². The average molecular weight is 460 g/mol. The Morgan fingerprint density at radius 1 is 1.24 bits per heavy atom. The molecule has 3 heterocycles. The van der Waals surface area contributed by atoms with Gasteiger partial charge in [-0.1, -0.05) is 12.2 Å². The van der Waals surface area contributed by atoms with E-state index in [1.165, 1.54) is 24.1 Å². The summed E-state index contributed by atoms with van der Waals surface area (Å²) < 4.78 is 0. The SMILES string of the molecule is CN1C[C@@H](NC(=O)CCc2n[nH]c3c2CCCC3)CC[C@@H](C(=O)N2CC=CCC2)C1.O=CO. The first-order chi connectivity index (χ1) is 16.0. The maximum absolute atomic E-state index is 12.9. The van der Waals surface area contributed by atoms with Gasteiger partial charge in [0.25, 0.3) is 6.47 Å². The van der Waals surface area contributed by atoms with Gasteiger partial charge < -0.3 is 20.2 Å². The van der Waals surface area contributed by atoms with E-state index in [1.807, 2.05) is 4.90 Å². The molecule has 33 heavy (non-hydrogen) atoms. The first kappa shape index (κ1) is 25.0. The molecule has 0 aromatic carbocycles. The highest BCUT2D eigenvalue weighted by Gasteiger charge is 2.30. The Kier molecular flexibility index (Phi) is 9.47. The van der Waals surface area contributed by atoms with E-state index < -0.39 is 0 Å². The normalized spacial score (nSPS) is 23.0. The molecule has 2 amide bonds. The minimum absolute atomic E-state index is 0.0268. The molecule has 2 atom stereocenters. The quantitative estimate of drug-likeness (QED) is 0.454. The van der Waals surface area contributed by atoms with Crippen LogP contribution in [0.3, 0.4) is 0 Å². The van der Waals surface area contributed by atoms with Crippen molar-refractivity contribution in [2.24, 2.45) is 5.92 Å². The number of amides is 2. The van der Waals surface area contributed by atoms with Crippen molar-refractivity contribution in [3.8, 4) is 0 Å². The number of carbonyl (C=O) groups excluding carboxylic acids is 2. The van der Waals surface area contributed by atoms with Crippen LogP contribution in [0.5, 0.6) is 0 Å². The van der Waals surface area contributed by atoms with Crippen LogP contribution >= 0.6 is 0 Å². The van der Waals surface area contributed by atoms with Crippen LogP contribution in [0.2, 0.25) is 0 Å². The molecule has 1 aromatic heterocycles. The van der Waals surface area contributed by atoms with Gasteiger partial charge in [-0.15, -0.1) is 0 Å². The van der Waals surface area contributed by atoms with Gasteiger partial charge in [0.2, 0.25) is 11.8 Å². The lowest BCUT2D eigenvalue weighted by atomic mass is 9.94. The summed E-state index contributed by atoms with van der Waals surface area (Å²) in [7, 11) is 2.05. The Hall–Kier alpha value is -2.68. The van der Waals surface area contributed by atoms with Crippen molar-refractivity contribution in [1.82, 2.24) is 25.3 Å². The Morgan fingerprint density at radius 3 is 2.79 bits per heavy atom. The number of nitrogens with zero attached hydrogens (tertiary/aromatic N) is 3.